The number of aryl methyl sites for hydroxylation is 2. The Hall–Kier alpha value is -2.85. The Bertz CT molecular complexity index is 1210. The zero-order valence-corrected chi connectivity index (χ0v) is 19.5. The largest absolute Gasteiger partial charge is 0.331 e. The van der Waals surface area contributed by atoms with E-state index in [0.717, 1.165) is 5.52 Å². The molecule has 1 aromatic carbocycles. The Labute approximate surface area is 182 Å². The number of hydrogen-bond acceptors (Lipinski definition) is 6. The van der Waals surface area contributed by atoms with E-state index in [1.54, 1.807) is 30.6 Å². The van der Waals surface area contributed by atoms with Gasteiger partial charge in [-0.15, -0.1) is 0 Å². The number of amides is 1. The number of aromatic nitrogens is 4. The van der Waals surface area contributed by atoms with Crippen molar-refractivity contribution in [2.45, 2.75) is 43.9 Å². The number of nitrogens with one attached hydrogen (secondary N) is 1. The number of fused-ring (bicyclic) bond motifs is 1. The van der Waals surface area contributed by atoms with Crippen molar-refractivity contribution in [3.8, 4) is 0 Å². The van der Waals surface area contributed by atoms with Crippen LogP contribution >= 0.6 is 0 Å². The lowest BCUT2D eigenvalue weighted by Gasteiger charge is -2.16. The van der Waals surface area contributed by atoms with E-state index in [2.05, 4.69) is 20.3 Å². The Morgan fingerprint density at radius 3 is 2.39 bits per heavy atom. The van der Waals surface area contributed by atoms with Gasteiger partial charge < -0.3 is 9.88 Å². The SMILES string of the molecule is CN(C)S(=O)(=O)c1ccc2c(c1)nc(CCC(=O)Nc1cnc(C(C)(C)C)nc1)n2C. The van der Waals surface area contributed by atoms with Gasteiger partial charge in [0.25, 0.3) is 0 Å². The molecule has 1 amide bonds. The minimum absolute atomic E-state index is 0.158. The maximum Gasteiger partial charge on any atom is 0.242 e. The lowest BCUT2D eigenvalue weighted by atomic mass is 9.96. The minimum Gasteiger partial charge on any atom is -0.331 e. The molecule has 3 rings (SSSR count). The summed E-state index contributed by atoms with van der Waals surface area (Å²) in [6.07, 6.45) is 3.84. The molecule has 0 saturated carbocycles. The highest BCUT2D eigenvalue weighted by Gasteiger charge is 2.20. The molecule has 2 aromatic heterocycles. The Kier molecular flexibility index (Phi) is 6.15. The molecule has 0 spiro atoms. The van der Waals surface area contributed by atoms with Crippen LogP contribution in [0.3, 0.4) is 0 Å². The van der Waals surface area contributed by atoms with E-state index >= 15 is 0 Å². The third-order valence-corrected chi connectivity index (χ3v) is 6.72. The lowest BCUT2D eigenvalue weighted by molar-refractivity contribution is -0.116. The molecular weight excluding hydrogens is 416 g/mol. The number of rotatable bonds is 6. The highest BCUT2D eigenvalue weighted by molar-refractivity contribution is 7.89. The van der Waals surface area contributed by atoms with Gasteiger partial charge in [0.1, 0.15) is 11.6 Å². The Morgan fingerprint density at radius 1 is 1.16 bits per heavy atom. The number of imidazole rings is 1. The van der Waals surface area contributed by atoms with Gasteiger partial charge in [-0.3, -0.25) is 4.79 Å². The normalized spacial score (nSPS) is 12.5. The molecule has 166 valence electrons. The van der Waals surface area contributed by atoms with Crippen LogP contribution in [0.1, 0.15) is 38.8 Å². The molecule has 0 saturated heterocycles. The second-order valence-electron chi connectivity index (χ2n) is 8.62. The number of benzene rings is 1. The minimum atomic E-state index is -3.54. The van der Waals surface area contributed by atoms with Crippen LogP contribution in [-0.4, -0.2) is 52.2 Å². The average molecular weight is 445 g/mol. The molecule has 0 fully saturated rings. The van der Waals surface area contributed by atoms with Gasteiger partial charge in [0, 0.05) is 39.4 Å². The van der Waals surface area contributed by atoms with Gasteiger partial charge in [0.15, 0.2) is 0 Å². The zero-order valence-electron chi connectivity index (χ0n) is 18.7. The second kappa shape index (κ2) is 8.35. The predicted octanol–water partition coefficient (Wildman–Crippen LogP) is 2.48. The van der Waals surface area contributed by atoms with Crippen molar-refractivity contribution in [3.63, 3.8) is 0 Å². The van der Waals surface area contributed by atoms with Gasteiger partial charge in [0.05, 0.1) is 34.0 Å². The quantitative estimate of drug-likeness (QED) is 0.625. The summed E-state index contributed by atoms with van der Waals surface area (Å²) >= 11 is 0. The van der Waals surface area contributed by atoms with E-state index in [-0.39, 0.29) is 22.6 Å². The number of nitrogens with zero attached hydrogens (tertiary/aromatic N) is 5. The van der Waals surface area contributed by atoms with Crippen molar-refractivity contribution in [1.29, 1.82) is 0 Å². The first-order chi connectivity index (χ1) is 14.4. The van der Waals surface area contributed by atoms with Gasteiger partial charge >= 0.3 is 0 Å². The van der Waals surface area contributed by atoms with Gasteiger partial charge in [0.2, 0.25) is 15.9 Å². The van der Waals surface area contributed by atoms with Crippen LogP contribution in [0.4, 0.5) is 5.69 Å². The highest BCUT2D eigenvalue weighted by atomic mass is 32.2. The van der Waals surface area contributed by atoms with Gasteiger partial charge in [-0.1, -0.05) is 20.8 Å². The molecule has 1 N–H and O–H groups in total. The van der Waals surface area contributed by atoms with Gasteiger partial charge in [-0.2, -0.15) is 0 Å². The molecule has 31 heavy (non-hydrogen) atoms. The third kappa shape index (κ3) is 4.91. The summed E-state index contributed by atoms with van der Waals surface area (Å²) in [6.45, 7) is 6.07. The van der Waals surface area contributed by atoms with Gasteiger partial charge in [-0.05, 0) is 18.2 Å². The van der Waals surface area contributed by atoms with E-state index in [9.17, 15) is 13.2 Å². The summed E-state index contributed by atoms with van der Waals surface area (Å²) in [5.41, 5.74) is 1.77. The number of carbonyl (C=O) groups is 1. The average Bonchev–Trinajstić information content (AvgIpc) is 3.01. The molecule has 0 radical (unpaired) electrons. The summed E-state index contributed by atoms with van der Waals surface area (Å²) < 4.78 is 27.8. The van der Waals surface area contributed by atoms with E-state index in [1.807, 2.05) is 32.4 Å². The lowest BCUT2D eigenvalue weighted by Crippen LogP contribution is -2.22. The van der Waals surface area contributed by atoms with Crippen LogP contribution in [0.2, 0.25) is 0 Å². The van der Waals surface area contributed by atoms with E-state index < -0.39 is 10.0 Å². The fraction of sp³-hybridized carbons (Fsp3) is 0.429. The van der Waals surface area contributed by atoms with Crippen LogP contribution in [0.5, 0.6) is 0 Å². The smallest absolute Gasteiger partial charge is 0.242 e. The molecule has 0 bridgehead atoms. The monoisotopic (exact) mass is 444 g/mol. The van der Waals surface area contributed by atoms with Crippen LogP contribution in [0, 0.1) is 0 Å². The summed E-state index contributed by atoms with van der Waals surface area (Å²) in [7, 11) is 1.29. The van der Waals surface area contributed by atoms with Crippen molar-refractivity contribution >= 4 is 32.7 Å². The first-order valence-electron chi connectivity index (χ1n) is 9.90. The summed E-state index contributed by atoms with van der Waals surface area (Å²) in [4.78, 5) is 25.7. The van der Waals surface area contributed by atoms with Crippen LogP contribution in [0.15, 0.2) is 35.5 Å². The number of hydrogen-bond donors (Lipinski definition) is 1. The molecule has 2 heterocycles. The third-order valence-electron chi connectivity index (χ3n) is 4.91. The molecule has 0 unspecified atom stereocenters. The first-order valence-corrected chi connectivity index (χ1v) is 11.3. The van der Waals surface area contributed by atoms with E-state index in [4.69, 9.17) is 0 Å². The van der Waals surface area contributed by atoms with Crippen LogP contribution < -0.4 is 5.32 Å². The van der Waals surface area contributed by atoms with Crippen LogP contribution in [-0.2, 0) is 33.7 Å². The zero-order chi connectivity index (χ0) is 23.0. The highest BCUT2D eigenvalue weighted by Crippen LogP contribution is 2.22. The maximum absolute atomic E-state index is 12.4. The van der Waals surface area contributed by atoms with Crippen molar-refractivity contribution < 1.29 is 13.2 Å². The number of carbonyl (C=O) groups excluding carboxylic acids is 1. The fourth-order valence-electron chi connectivity index (χ4n) is 3.05. The van der Waals surface area contributed by atoms with E-state index in [1.165, 1.54) is 18.4 Å². The molecule has 9 nitrogen and oxygen atoms in total. The molecule has 0 aliphatic heterocycles. The maximum atomic E-state index is 12.4. The van der Waals surface area contributed by atoms with Crippen molar-refractivity contribution in [1.82, 2.24) is 23.8 Å². The first kappa shape index (κ1) is 22.8. The van der Waals surface area contributed by atoms with Crippen LogP contribution in [0.25, 0.3) is 11.0 Å². The molecule has 0 aliphatic rings. The summed E-state index contributed by atoms with van der Waals surface area (Å²) in [5.74, 6) is 1.24. The summed E-state index contributed by atoms with van der Waals surface area (Å²) in [5, 5.41) is 2.80. The topological polar surface area (TPSA) is 110 Å². The molecule has 3 aromatic rings. The van der Waals surface area contributed by atoms with Crippen molar-refractivity contribution in [3.05, 3.63) is 42.2 Å². The number of sulfonamides is 1. The van der Waals surface area contributed by atoms with E-state index in [0.29, 0.717) is 29.3 Å². The Balaban J connectivity index is 1.70. The van der Waals surface area contributed by atoms with Crippen molar-refractivity contribution in [2.75, 3.05) is 19.4 Å². The second-order valence-corrected chi connectivity index (χ2v) is 10.8. The fourth-order valence-corrected chi connectivity index (χ4v) is 3.98. The van der Waals surface area contributed by atoms with Crippen molar-refractivity contribution in [2.24, 2.45) is 7.05 Å². The predicted molar refractivity (Wildman–Crippen MR) is 119 cm³/mol. The standard InChI is InChI=1S/C21H28N6O3S/c1-21(2,3)20-22-12-14(13-23-20)24-19(28)10-9-18-25-16-11-15(31(29,30)26(4)5)7-8-17(16)27(18)6/h7-8,11-13H,9-10H2,1-6H3,(H,24,28). The van der Waals surface area contributed by atoms with Gasteiger partial charge in [-0.25, -0.2) is 27.7 Å². The molecule has 0 atom stereocenters. The molecule has 0 aliphatic carbocycles. The molecular formula is C21H28N6O3S. The molecule has 10 heteroatoms. The summed E-state index contributed by atoms with van der Waals surface area (Å²) in [6, 6.07) is 4.86. The number of anilines is 1. The Morgan fingerprint density at radius 2 is 1.81 bits per heavy atom.